The maximum Gasteiger partial charge on any atom is 0.180 e. The fourth-order valence-electron chi connectivity index (χ4n) is 1.82. The average molecular weight is 298 g/mol. The zero-order valence-electron chi connectivity index (χ0n) is 11.9. The Hall–Kier alpha value is -1.40. The molecule has 112 valence electrons. The number of rotatable bonds is 8. The topological polar surface area (TPSA) is 93.2 Å². The number of sulfone groups is 1. The highest BCUT2D eigenvalue weighted by Crippen LogP contribution is 2.13. The molecule has 0 saturated carbocycles. The number of hydrogen-bond donors (Lipinski definition) is 2. The predicted octanol–water partition coefficient (Wildman–Crippen LogP) is 1.95. The Balaban J connectivity index is 2.69. The van der Waals surface area contributed by atoms with Crippen molar-refractivity contribution in [2.45, 2.75) is 37.7 Å². The molecule has 0 spiro atoms. The minimum Gasteiger partial charge on any atom is -0.384 e. The number of nitrogen functional groups attached to an aromatic ring is 1. The van der Waals surface area contributed by atoms with E-state index in [2.05, 4.69) is 6.92 Å². The number of ether oxygens (including phenoxy) is 1. The third-order valence-electron chi connectivity index (χ3n) is 2.95. The monoisotopic (exact) mass is 298 g/mol. The van der Waals surface area contributed by atoms with Gasteiger partial charge in [0, 0.05) is 5.56 Å². The van der Waals surface area contributed by atoms with E-state index in [0.717, 1.165) is 12.8 Å². The largest absolute Gasteiger partial charge is 0.384 e. The Bertz CT molecular complexity index is 555. The van der Waals surface area contributed by atoms with Crippen LogP contribution in [0, 0.1) is 5.41 Å². The van der Waals surface area contributed by atoms with Crippen LogP contribution in [0.4, 0.5) is 0 Å². The van der Waals surface area contributed by atoms with Crippen molar-refractivity contribution in [3.8, 4) is 0 Å². The van der Waals surface area contributed by atoms with Gasteiger partial charge in [0.15, 0.2) is 9.84 Å². The number of hydrogen-bond acceptors (Lipinski definition) is 4. The van der Waals surface area contributed by atoms with Gasteiger partial charge in [-0.1, -0.05) is 25.5 Å². The normalized spacial score (nSPS) is 13.1. The first kappa shape index (κ1) is 16.7. The van der Waals surface area contributed by atoms with Crippen molar-refractivity contribution in [2.75, 3.05) is 12.4 Å². The predicted molar refractivity (Wildman–Crippen MR) is 79.8 cm³/mol. The first-order valence-corrected chi connectivity index (χ1v) is 8.31. The number of benzene rings is 1. The molecule has 0 amide bonds. The lowest BCUT2D eigenvalue weighted by atomic mass is 10.2. The SMILES string of the molecule is CCCC(C)OCCS(=O)(=O)c1cccc(C(=N)N)c1. The van der Waals surface area contributed by atoms with Crippen molar-refractivity contribution in [2.24, 2.45) is 5.73 Å². The van der Waals surface area contributed by atoms with Gasteiger partial charge in [0.25, 0.3) is 0 Å². The van der Waals surface area contributed by atoms with Gasteiger partial charge in [-0.25, -0.2) is 8.42 Å². The Morgan fingerprint density at radius 1 is 1.45 bits per heavy atom. The number of nitrogens with one attached hydrogen (secondary N) is 1. The summed E-state index contributed by atoms with van der Waals surface area (Å²) in [6, 6.07) is 6.13. The van der Waals surface area contributed by atoms with Crippen LogP contribution in [0.1, 0.15) is 32.3 Å². The quantitative estimate of drug-likeness (QED) is 0.566. The van der Waals surface area contributed by atoms with Crippen LogP contribution >= 0.6 is 0 Å². The average Bonchev–Trinajstić information content (AvgIpc) is 2.39. The fraction of sp³-hybridized carbons (Fsp3) is 0.500. The molecule has 5 nitrogen and oxygen atoms in total. The zero-order valence-corrected chi connectivity index (χ0v) is 12.7. The highest BCUT2D eigenvalue weighted by molar-refractivity contribution is 7.91. The molecule has 0 bridgehead atoms. The van der Waals surface area contributed by atoms with Gasteiger partial charge in [0.2, 0.25) is 0 Å². The van der Waals surface area contributed by atoms with Crippen LogP contribution in [-0.4, -0.2) is 32.7 Å². The van der Waals surface area contributed by atoms with Gasteiger partial charge in [-0.2, -0.15) is 0 Å². The highest BCUT2D eigenvalue weighted by atomic mass is 32.2. The third kappa shape index (κ3) is 4.94. The van der Waals surface area contributed by atoms with Crippen molar-refractivity contribution in [3.63, 3.8) is 0 Å². The summed E-state index contributed by atoms with van der Waals surface area (Å²) in [6.45, 7) is 4.17. The second kappa shape index (κ2) is 7.40. The smallest absolute Gasteiger partial charge is 0.180 e. The molecular formula is C14H22N2O3S. The number of nitrogens with two attached hydrogens (primary N) is 1. The molecule has 0 heterocycles. The van der Waals surface area contributed by atoms with Crippen molar-refractivity contribution < 1.29 is 13.2 Å². The van der Waals surface area contributed by atoms with Crippen LogP contribution in [0.15, 0.2) is 29.2 Å². The van der Waals surface area contributed by atoms with Gasteiger partial charge in [-0.3, -0.25) is 5.41 Å². The molecule has 6 heteroatoms. The molecule has 1 atom stereocenters. The molecule has 0 aliphatic carbocycles. The lowest BCUT2D eigenvalue weighted by Crippen LogP contribution is -2.18. The van der Waals surface area contributed by atoms with Gasteiger partial charge in [-0.15, -0.1) is 0 Å². The van der Waals surface area contributed by atoms with Crippen molar-refractivity contribution in [1.82, 2.24) is 0 Å². The summed E-state index contributed by atoms with van der Waals surface area (Å²) in [6.07, 6.45) is 1.99. The second-order valence-electron chi connectivity index (χ2n) is 4.73. The van der Waals surface area contributed by atoms with E-state index in [9.17, 15) is 8.42 Å². The van der Waals surface area contributed by atoms with Crippen LogP contribution in [0.25, 0.3) is 0 Å². The molecule has 0 aromatic heterocycles. The van der Waals surface area contributed by atoms with E-state index in [4.69, 9.17) is 15.9 Å². The summed E-state index contributed by atoms with van der Waals surface area (Å²) in [5, 5.41) is 7.34. The highest BCUT2D eigenvalue weighted by Gasteiger charge is 2.16. The van der Waals surface area contributed by atoms with E-state index in [1.165, 1.54) is 12.1 Å². The first-order chi connectivity index (χ1) is 9.36. The van der Waals surface area contributed by atoms with E-state index in [1.54, 1.807) is 12.1 Å². The third-order valence-corrected chi connectivity index (χ3v) is 4.63. The minimum atomic E-state index is -3.40. The van der Waals surface area contributed by atoms with Gasteiger partial charge < -0.3 is 10.5 Å². The lowest BCUT2D eigenvalue weighted by molar-refractivity contribution is 0.0711. The van der Waals surface area contributed by atoms with Crippen LogP contribution in [0.3, 0.4) is 0 Å². The molecule has 3 N–H and O–H groups in total. The van der Waals surface area contributed by atoms with E-state index < -0.39 is 9.84 Å². The molecular weight excluding hydrogens is 276 g/mol. The summed E-state index contributed by atoms with van der Waals surface area (Å²) in [4.78, 5) is 0.178. The molecule has 20 heavy (non-hydrogen) atoms. The summed E-state index contributed by atoms with van der Waals surface area (Å²) in [5.41, 5.74) is 5.77. The van der Waals surface area contributed by atoms with Crippen molar-refractivity contribution in [1.29, 1.82) is 5.41 Å². The van der Waals surface area contributed by atoms with E-state index in [1.807, 2.05) is 6.92 Å². The van der Waals surface area contributed by atoms with Crippen LogP contribution in [-0.2, 0) is 14.6 Å². The standard InChI is InChI=1S/C14H22N2O3S/c1-3-5-11(2)19-8-9-20(17,18)13-7-4-6-12(10-13)14(15)16/h4,6-7,10-11H,3,5,8-9H2,1-2H3,(H3,15,16). The van der Waals surface area contributed by atoms with Gasteiger partial charge >= 0.3 is 0 Å². The maximum absolute atomic E-state index is 12.2. The van der Waals surface area contributed by atoms with Crippen molar-refractivity contribution in [3.05, 3.63) is 29.8 Å². The second-order valence-corrected chi connectivity index (χ2v) is 6.84. The van der Waals surface area contributed by atoms with E-state index in [-0.39, 0.29) is 29.2 Å². The summed E-state index contributed by atoms with van der Waals surface area (Å²) in [7, 11) is -3.40. The van der Waals surface area contributed by atoms with Crippen LogP contribution < -0.4 is 5.73 Å². The summed E-state index contributed by atoms with van der Waals surface area (Å²) >= 11 is 0. The molecule has 0 aliphatic rings. The molecule has 1 unspecified atom stereocenters. The van der Waals surface area contributed by atoms with Gasteiger partial charge in [-0.05, 0) is 25.5 Å². The first-order valence-electron chi connectivity index (χ1n) is 6.65. The van der Waals surface area contributed by atoms with Crippen LogP contribution in [0.2, 0.25) is 0 Å². The fourth-order valence-corrected chi connectivity index (χ4v) is 2.97. The van der Waals surface area contributed by atoms with E-state index in [0.29, 0.717) is 5.56 Å². The van der Waals surface area contributed by atoms with Crippen molar-refractivity contribution >= 4 is 15.7 Å². The van der Waals surface area contributed by atoms with Crippen LogP contribution in [0.5, 0.6) is 0 Å². The molecule has 1 rings (SSSR count). The maximum atomic E-state index is 12.2. The molecule has 1 aromatic rings. The van der Waals surface area contributed by atoms with E-state index >= 15 is 0 Å². The summed E-state index contributed by atoms with van der Waals surface area (Å²) < 4.78 is 29.8. The molecule has 0 aliphatic heterocycles. The molecule has 0 radical (unpaired) electrons. The molecule has 1 aromatic carbocycles. The zero-order chi connectivity index (χ0) is 15.2. The van der Waals surface area contributed by atoms with Gasteiger partial charge in [0.1, 0.15) is 5.84 Å². The Morgan fingerprint density at radius 3 is 2.75 bits per heavy atom. The number of amidine groups is 1. The Kier molecular flexibility index (Phi) is 6.16. The van der Waals surface area contributed by atoms with Gasteiger partial charge in [0.05, 0.1) is 23.4 Å². The lowest BCUT2D eigenvalue weighted by Gasteiger charge is -2.12. The Labute approximate surface area is 120 Å². The minimum absolute atomic E-state index is 0.0671. The molecule has 0 saturated heterocycles. The Morgan fingerprint density at radius 2 is 2.15 bits per heavy atom. The summed E-state index contributed by atoms with van der Waals surface area (Å²) in [5.74, 6) is -0.211. The molecule has 0 fully saturated rings.